The van der Waals surface area contributed by atoms with Gasteiger partial charge in [-0.05, 0) is 18.6 Å². The van der Waals surface area contributed by atoms with Crippen LogP contribution in [-0.4, -0.2) is 45.2 Å². The first-order chi connectivity index (χ1) is 11.2. The topological polar surface area (TPSA) is 76.2 Å². The number of aromatic nitrogens is 3. The van der Waals surface area contributed by atoms with E-state index in [-0.39, 0.29) is 11.9 Å². The van der Waals surface area contributed by atoms with Crippen molar-refractivity contribution in [2.75, 3.05) is 13.6 Å². The number of likely N-dealkylation sites (N-methyl/N-ethyl adjacent to an activating group) is 1. The first-order valence-corrected chi connectivity index (χ1v) is 8.08. The van der Waals surface area contributed by atoms with Crippen LogP contribution in [0.2, 0.25) is 0 Å². The summed E-state index contributed by atoms with van der Waals surface area (Å²) in [6.07, 6.45) is 4.36. The Morgan fingerprint density at radius 2 is 2.43 bits per heavy atom. The third kappa shape index (κ3) is 3.79. The lowest BCUT2D eigenvalue weighted by atomic mass is 10.1. The third-order valence-corrected chi connectivity index (χ3v) is 4.16. The molecule has 0 aromatic carbocycles. The molecule has 0 saturated heterocycles. The quantitative estimate of drug-likeness (QED) is 0.860. The lowest BCUT2D eigenvalue weighted by Gasteiger charge is -2.24. The van der Waals surface area contributed by atoms with Crippen LogP contribution in [0.5, 0.6) is 0 Å². The molecule has 7 nitrogen and oxygen atoms in total. The Kier molecular flexibility index (Phi) is 4.76. The SMILES string of the molecule is CCc1nc2n(n1)C[C@H](NCC(=O)N(C)Cc1ccco1)CC2. The van der Waals surface area contributed by atoms with E-state index >= 15 is 0 Å². The fourth-order valence-electron chi connectivity index (χ4n) is 2.77. The number of fused-ring (bicyclic) bond motifs is 1. The maximum atomic E-state index is 12.2. The fraction of sp³-hybridized carbons (Fsp3) is 0.562. The van der Waals surface area contributed by atoms with Gasteiger partial charge in [0.15, 0.2) is 5.82 Å². The van der Waals surface area contributed by atoms with Gasteiger partial charge >= 0.3 is 0 Å². The highest BCUT2D eigenvalue weighted by Gasteiger charge is 2.22. The molecule has 1 atom stereocenters. The van der Waals surface area contributed by atoms with Gasteiger partial charge in [0.25, 0.3) is 0 Å². The van der Waals surface area contributed by atoms with E-state index in [4.69, 9.17) is 4.42 Å². The van der Waals surface area contributed by atoms with Crippen LogP contribution in [0.3, 0.4) is 0 Å². The van der Waals surface area contributed by atoms with Crippen LogP contribution >= 0.6 is 0 Å². The normalized spacial score (nSPS) is 17.0. The van der Waals surface area contributed by atoms with E-state index in [1.807, 2.05) is 16.8 Å². The highest BCUT2D eigenvalue weighted by atomic mass is 16.3. The van der Waals surface area contributed by atoms with Crippen molar-refractivity contribution in [1.82, 2.24) is 25.0 Å². The van der Waals surface area contributed by atoms with Gasteiger partial charge in [-0.25, -0.2) is 9.67 Å². The number of hydrogen-bond donors (Lipinski definition) is 1. The van der Waals surface area contributed by atoms with Crippen molar-refractivity contribution >= 4 is 5.91 Å². The van der Waals surface area contributed by atoms with Crippen LogP contribution in [0.1, 0.15) is 30.8 Å². The number of nitrogens with one attached hydrogen (secondary N) is 1. The Hall–Kier alpha value is -2.15. The first-order valence-electron chi connectivity index (χ1n) is 8.08. The van der Waals surface area contributed by atoms with Crippen LogP contribution < -0.4 is 5.32 Å². The molecule has 1 N–H and O–H groups in total. The molecule has 0 fully saturated rings. The molecule has 3 rings (SSSR count). The highest BCUT2D eigenvalue weighted by Crippen LogP contribution is 2.13. The Morgan fingerprint density at radius 1 is 1.57 bits per heavy atom. The summed E-state index contributed by atoms with van der Waals surface area (Å²) < 4.78 is 7.24. The van der Waals surface area contributed by atoms with Crippen LogP contribution in [0.15, 0.2) is 22.8 Å². The molecular formula is C16H23N5O2. The van der Waals surface area contributed by atoms with E-state index < -0.39 is 0 Å². The Balaban J connectivity index is 1.47. The number of carbonyl (C=O) groups excluding carboxylic acids is 1. The fourth-order valence-corrected chi connectivity index (χ4v) is 2.77. The van der Waals surface area contributed by atoms with Crippen molar-refractivity contribution in [2.45, 2.75) is 45.3 Å². The second kappa shape index (κ2) is 6.95. The summed E-state index contributed by atoms with van der Waals surface area (Å²) in [6.45, 7) is 3.65. The molecule has 1 aliphatic rings. The molecule has 0 saturated carbocycles. The van der Waals surface area contributed by atoms with E-state index in [1.54, 1.807) is 18.2 Å². The summed E-state index contributed by atoms with van der Waals surface area (Å²) in [6, 6.07) is 3.96. The summed E-state index contributed by atoms with van der Waals surface area (Å²) in [5.74, 6) is 2.80. The average Bonchev–Trinajstić information content (AvgIpc) is 3.20. The number of carbonyl (C=O) groups is 1. The molecular weight excluding hydrogens is 294 g/mol. The third-order valence-electron chi connectivity index (χ3n) is 4.16. The van der Waals surface area contributed by atoms with Crippen molar-refractivity contribution in [3.05, 3.63) is 35.8 Å². The van der Waals surface area contributed by atoms with Crippen molar-refractivity contribution in [2.24, 2.45) is 0 Å². The molecule has 0 radical (unpaired) electrons. The molecule has 7 heteroatoms. The number of furan rings is 1. The smallest absolute Gasteiger partial charge is 0.236 e. The molecule has 0 bridgehead atoms. The zero-order chi connectivity index (χ0) is 16.2. The van der Waals surface area contributed by atoms with E-state index in [9.17, 15) is 4.79 Å². The second-order valence-electron chi connectivity index (χ2n) is 5.93. The van der Waals surface area contributed by atoms with Gasteiger partial charge in [0.1, 0.15) is 11.6 Å². The maximum Gasteiger partial charge on any atom is 0.236 e. The van der Waals surface area contributed by atoms with Crippen LogP contribution in [-0.2, 0) is 30.7 Å². The number of hydrogen-bond acceptors (Lipinski definition) is 5. The van der Waals surface area contributed by atoms with E-state index in [0.29, 0.717) is 13.1 Å². The lowest BCUT2D eigenvalue weighted by Crippen LogP contribution is -2.43. The van der Waals surface area contributed by atoms with E-state index in [0.717, 1.165) is 43.2 Å². The number of nitrogens with zero attached hydrogens (tertiary/aromatic N) is 4. The summed E-state index contributed by atoms with van der Waals surface area (Å²) in [7, 11) is 1.79. The minimum absolute atomic E-state index is 0.0556. The highest BCUT2D eigenvalue weighted by molar-refractivity contribution is 5.77. The summed E-state index contributed by atoms with van der Waals surface area (Å²) in [5.41, 5.74) is 0. The minimum Gasteiger partial charge on any atom is -0.467 e. The summed E-state index contributed by atoms with van der Waals surface area (Å²) in [4.78, 5) is 18.4. The predicted octanol–water partition coefficient (Wildman–Crippen LogP) is 0.997. The monoisotopic (exact) mass is 317 g/mol. The standard InChI is InChI=1S/C16H23N5O2/c1-3-14-18-15-7-6-12(10-21(15)19-14)17-9-16(22)20(2)11-13-5-4-8-23-13/h4-5,8,12,17H,3,6-7,9-11H2,1-2H3/t12-/m1/s1. The van der Waals surface area contributed by atoms with Crippen LogP contribution in [0.25, 0.3) is 0 Å². The zero-order valence-corrected chi connectivity index (χ0v) is 13.7. The lowest BCUT2D eigenvalue weighted by molar-refractivity contribution is -0.129. The number of aryl methyl sites for hydroxylation is 2. The number of amides is 1. The van der Waals surface area contributed by atoms with Crippen molar-refractivity contribution in [1.29, 1.82) is 0 Å². The Morgan fingerprint density at radius 3 is 3.17 bits per heavy atom. The molecule has 1 amide bonds. The van der Waals surface area contributed by atoms with E-state index in [1.165, 1.54) is 0 Å². The van der Waals surface area contributed by atoms with Crippen molar-refractivity contribution < 1.29 is 9.21 Å². The van der Waals surface area contributed by atoms with Gasteiger partial charge in [0.2, 0.25) is 5.91 Å². The molecule has 2 aromatic heterocycles. The predicted molar refractivity (Wildman–Crippen MR) is 84.7 cm³/mol. The van der Waals surface area contributed by atoms with Crippen LogP contribution in [0.4, 0.5) is 0 Å². The largest absolute Gasteiger partial charge is 0.467 e. The Labute approximate surface area is 135 Å². The molecule has 0 spiro atoms. The van der Waals surface area contributed by atoms with Gasteiger partial charge in [-0.2, -0.15) is 5.10 Å². The van der Waals surface area contributed by atoms with Gasteiger partial charge in [0.05, 0.1) is 25.9 Å². The van der Waals surface area contributed by atoms with Gasteiger partial charge < -0.3 is 14.6 Å². The summed E-state index contributed by atoms with van der Waals surface area (Å²) in [5, 5.41) is 7.83. The summed E-state index contributed by atoms with van der Waals surface area (Å²) >= 11 is 0. The van der Waals surface area contributed by atoms with Crippen molar-refractivity contribution in [3.63, 3.8) is 0 Å². The first kappa shape index (κ1) is 15.7. The zero-order valence-electron chi connectivity index (χ0n) is 13.7. The van der Waals surface area contributed by atoms with E-state index in [2.05, 4.69) is 22.3 Å². The molecule has 0 aliphatic carbocycles. The molecule has 2 aromatic rings. The van der Waals surface area contributed by atoms with Crippen LogP contribution in [0, 0.1) is 0 Å². The van der Waals surface area contributed by atoms with Gasteiger partial charge in [-0.15, -0.1) is 0 Å². The maximum absolute atomic E-state index is 12.2. The van der Waals surface area contributed by atoms with Gasteiger partial charge in [-0.3, -0.25) is 4.79 Å². The van der Waals surface area contributed by atoms with Gasteiger partial charge in [-0.1, -0.05) is 6.92 Å². The molecule has 0 unspecified atom stereocenters. The Bertz CT molecular complexity index is 649. The second-order valence-corrected chi connectivity index (χ2v) is 5.93. The molecule has 23 heavy (non-hydrogen) atoms. The van der Waals surface area contributed by atoms with Gasteiger partial charge in [0, 0.05) is 25.9 Å². The molecule has 124 valence electrons. The molecule has 1 aliphatic heterocycles. The minimum atomic E-state index is 0.0556. The number of rotatable bonds is 6. The molecule has 3 heterocycles. The van der Waals surface area contributed by atoms with Crippen molar-refractivity contribution in [3.8, 4) is 0 Å². The average molecular weight is 317 g/mol.